The van der Waals surface area contributed by atoms with Crippen LogP contribution in [0.3, 0.4) is 0 Å². The third kappa shape index (κ3) is 5.05. The maximum Gasteiger partial charge on any atom is 0.514 e. The first-order valence-corrected chi connectivity index (χ1v) is 10.3. The molecule has 1 atom stereocenters. The van der Waals surface area contributed by atoms with Crippen LogP contribution in [0.25, 0.3) is 0 Å². The largest absolute Gasteiger partial charge is 0.514 e. The Hall–Kier alpha value is -1.35. The Labute approximate surface area is 178 Å². The molecule has 1 aromatic rings. The molecule has 0 N–H and O–H groups in total. The van der Waals surface area contributed by atoms with Crippen molar-refractivity contribution >= 4 is 30.4 Å². The minimum Gasteiger partial charge on any atom is -0.444 e. The highest BCUT2D eigenvalue weighted by molar-refractivity contribution is 6.61. The highest BCUT2D eigenvalue weighted by atomic mass is 35.5. The van der Waals surface area contributed by atoms with Gasteiger partial charge in [0.15, 0.2) is 0 Å². The van der Waals surface area contributed by atoms with Crippen LogP contribution < -0.4 is 5.59 Å². The minimum atomic E-state index is -0.622. The smallest absolute Gasteiger partial charge is 0.444 e. The van der Waals surface area contributed by atoms with E-state index in [1.54, 1.807) is 11.0 Å². The Morgan fingerprint density at radius 3 is 2.45 bits per heavy atom. The van der Waals surface area contributed by atoms with E-state index in [4.69, 9.17) is 30.4 Å². The molecule has 2 aliphatic rings. The second kappa shape index (κ2) is 7.73. The summed E-state index contributed by atoms with van der Waals surface area (Å²) in [5, 5.41) is 0.324. The van der Waals surface area contributed by atoms with E-state index in [2.05, 4.69) is 4.98 Å². The van der Waals surface area contributed by atoms with E-state index in [9.17, 15) is 4.79 Å². The Balaban J connectivity index is 1.79. The van der Waals surface area contributed by atoms with Gasteiger partial charge in [-0.05, 0) is 66.2 Å². The van der Waals surface area contributed by atoms with Gasteiger partial charge in [0.25, 0.3) is 0 Å². The molecule has 3 rings (SSSR count). The van der Waals surface area contributed by atoms with Crippen molar-refractivity contribution in [1.82, 2.24) is 9.88 Å². The summed E-state index contributed by atoms with van der Waals surface area (Å²) < 4.78 is 23.6. The Kier molecular flexibility index (Phi) is 5.95. The number of halogens is 1. The number of aromatic nitrogens is 1. The van der Waals surface area contributed by atoms with Crippen molar-refractivity contribution in [1.29, 1.82) is 0 Å². The molecule has 2 saturated heterocycles. The van der Waals surface area contributed by atoms with Crippen molar-refractivity contribution in [2.75, 3.05) is 19.7 Å². The summed E-state index contributed by atoms with van der Waals surface area (Å²) in [5.41, 5.74) is -0.0885. The molecule has 29 heavy (non-hydrogen) atoms. The number of ether oxygens (including phenoxy) is 2. The normalized spacial score (nSPS) is 23.9. The second-order valence-electron chi connectivity index (χ2n) is 9.52. The van der Waals surface area contributed by atoms with Gasteiger partial charge < -0.3 is 23.7 Å². The summed E-state index contributed by atoms with van der Waals surface area (Å²) in [6.45, 7) is 14.8. The van der Waals surface area contributed by atoms with Crippen molar-refractivity contribution < 1.29 is 23.6 Å². The quantitative estimate of drug-likeness (QED) is 0.536. The summed E-state index contributed by atoms with van der Waals surface area (Å²) in [6.07, 6.45) is -0.685. The summed E-state index contributed by atoms with van der Waals surface area (Å²) in [6, 6.07) is 3.62. The molecule has 2 aliphatic heterocycles. The molecule has 0 saturated carbocycles. The number of morpholine rings is 1. The Bertz CT molecular complexity index is 765. The lowest BCUT2D eigenvalue weighted by Gasteiger charge is -2.34. The number of hydrogen-bond acceptors (Lipinski definition) is 6. The zero-order chi connectivity index (χ0) is 21.6. The van der Waals surface area contributed by atoms with E-state index in [-0.39, 0.29) is 12.2 Å². The monoisotopic (exact) mass is 424 g/mol. The maximum atomic E-state index is 12.4. The highest BCUT2D eigenvalue weighted by Crippen LogP contribution is 2.36. The van der Waals surface area contributed by atoms with E-state index in [0.717, 1.165) is 5.56 Å². The average molecular weight is 425 g/mol. The van der Waals surface area contributed by atoms with Gasteiger partial charge in [0.2, 0.25) is 0 Å². The predicted octanol–water partition coefficient (Wildman–Crippen LogP) is 3.34. The average Bonchev–Trinajstić information content (AvgIpc) is 2.81. The van der Waals surface area contributed by atoms with Gasteiger partial charge in [-0.1, -0.05) is 11.6 Å². The number of nitrogens with zero attached hydrogens (tertiary/aromatic N) is 2. The molecular weight excluding hydrogens is 394 g/mol. The topological polar surface area (TPSA) is 70.1 Å². The molecule has 9 heteroatoms. The molecule has 0 aliphatic carbocycles. The lowest BCUT2D eigenvalue weighted by Crippen LogP contribution is -2.45. The Morgan fingerprint density at radius 2 is 1.86 bits per heavy atom. The fourth-order valence-corrected chi connectivity index (χ4v) is 3.38. The molecule has 0 unspecified atom stereocenters. The van der Waals surface area contributed by atoms with E-state index in [1.807, 2.05) is 54.5 Å². The van der Waals surface area contributed by atoms with Gasteiger partial charge in [0.1, 0.15) is 16.9 Å². The van der Waals surface area contributed by atoms with Crippen LogP contribution in [0.5, 0.6) is 0 Å². The summed E-state index contributed by atoms with van der Waals surface area (Å²) in [7, 11) is -0.622. The van der Waals surface area contributed by atoms with Crippen LogP contribution in [0.15, 0.2) is 12.1 Å². The first-order valence-electron chi connectivity index (χ1n) is 9.90. The van der Waals surface area contributed by atoms with Crippen LogP contribution in [0.2, 0.25) is 5.15 Å². The van der Waals surface area contributed by atoms with Crippen LogP contribution in [0, 0.1) is 0 Å². The van der Waals surface area contributed by atoms with Crippen LogP contribution in [0.1, 0.15) is 60.1 Å². The number of rotatable bonds is 2. The van der Waals surface area contributed by atoms with Crippen LogP contribution >= 0.6 is 11.6 Å². The van der Waals surface area contributed by atoms with Crippen molar-refractivity contribution in [3.63, 3.8) is 0 Å². The lowest BCUT2D eigenvalue weighted by molar-refractivity contribution is -0.0432. The lowest BCUT2D eigenvalue weighted by atomic mass is 9.83. The molecule has 0 radical (unpaired) electrons. The van der Waals surface area contributed by atoms with Gasteiger partial charge in [-0.2, -0.15) is 0 Å². The first-order chi connectivity index (χ1) is 13.3. The number of carbonyl (C=O) groups excluding carboxylic acids is 1. The van der Waals surface area contributed by atoms with Gasteiger partial charge >= 0.3 is 13.2 Å². The fraction of sp³-hybridized carbons (Fsp3) is 0.700. The van der Waals surface area contributed by atoms with Gasteiger partial charge in [-0.25, -0.2) is 9.78 Å². The molecule has 0 aromatic carbocycles. The van der Waals surface area contributed by atoms with E-state index in [0.29, 0.717) is 30.4 Å². The van der Waals surface area contributed by atoms with Gasteiger partial charge in [0, 0.05) is 6.54 Å². The zero-order valence-electron chi connectivity index (χ0n) is 18.2. The fourth-order valence-electron chi connectivity index (χ4n) is 3.15. The molecule has 0 bridgehead atoms. The number of hydrogen-bond donors (Lipinski definition) is 0. The second-order valence-corrected chi connectivity index (χ2v) is 9.91. The van der Waals surface area contributed by atoms with Crippen molar-refractivity contribution in [2.24, 2.45) is 0 Å². The number of pyridine rings is 1. The molecule has 1 aromatic heterocycles. The summed E-state index contributed by atoms with van der Waals surface area (Å²) in [4.78, 5) is 18.5. The van der Waals surface area contributed by atoms with Gasteiger partial charge in [-0.15, -0.1) is 0 Å². The van der Waals surface area contributed by atoms with Gasteiger partial charge in [0.05, 0.1) is 29.9 Å². The van der Waals surface area contributed by atoms with Crippen molar-refractivity contribution in [3.8, 4) is 0 Å². The standard InChI is InChI=1S/C20H30BClN2O5/c1-18(2,3)27-17(25)24-8-9-26-14(12-24)13-10-15(23-16(22)11-13)21-28-19(4,5)20(6,7)29-21/h10-11,14H,8-9,12H2,1-7H3/t14-/m0/s1. The van der Waals surface area contributed by atoms with Crippen molar-refractivity contribution in [2.45, 2.75) is 71.4 Å². The van der Waals surface area contributed by atoms with E-state index < -0.39 is 23.9 Å². The molecule has 160 valence electrons. The van der Waals surface area contributed by atoms with Crippen LogP contribution in [0.4, 0.5) is 4.79 Å². The van der Waals surface area contributed by atoms with E-state index in [1.165, 1.54) is 0 Å². The van der Waals surface area contributed by atoms with E-state index >= 15 is 0 Å². The predicted molar refractivity (Wildman–Crippen MR) is 111 cm³/mol. The Morgan fingerprint density at radius 1 is 1.24 bits per heavy atom. The number of amides is 1. The van der Waals surface area contributed by atoms with Crippen LogP contribution in [-0.2, 0) is 18.8 Å². The maximum absolute atomic E-state index is 12.4. The highest BCUT2D eigenvalue weighted by Gasteiger charge is 2.52. The van der Waals surface area contributed by atoms with Crippen LogP contribution in [-0.4, -0.2) is 59.6 Å². The first kappa shape index (κ1) is 22.3. The van der Waals surface area contributed by atoms with Gasteiger partial charge in [-0.3, -0.25) is 0 Å². The molecule has 2 fully saturated rings. The third-order valence-corrected chi connectivity index (χ3v) is 5.61. The molecule has 0 spiro atoms. The molecule has 3 heterocycles. The molecule has 1 amide bonds. The third-order valence-electron chi connectivity index (χ3n) is 5.42. The van der Waals surface area contributed by atoms with Crippen molar-refractivity contribution in [3.05, 3.63) is 22.8 Å². The summed E-state index contributed by atoms with van der Waals surface area (Å²) in [5.74, 6) is 0. The SMILES string of the molecule is CC(C)(C)OC(=O)N1CCO[C@H](c2cc(Cl)nc(B3OC(C)(C)C(C)(C)O3)c2)C1. The zero-order valence-corrected chi connectivity index (χ0v) is 19.0. The minimum absolute atomic E-state index is 0.324. The summed E-state index contributed by atoms with van der Waals surface area (Å²) >= 11 is 6.29. The molecule has 7 nitrogen and oxygen atoms in total. The number of carbonyl (C=O) groups is 1. The molecular formula is C20H30BClN2O5.